The molecule has 2 fully saturated rings. The third kappa shape index (κ3) is 4.01. The van der Waals surface area contributed by atoms with E-state index in [4.69, 9.17) is 0 Å². The predicted octanol–water partition coefficient (Wildman–Crippen LogP) is 2.32. The van der Waals surface area contributed by atoms with Crippen molar-refractivity contribution in [2.24, 2.45) is 5.92 Å². The lowest BCUT2D eigenvalue weighted by molar-refractivity contribution is -0.120. The highest BCUT2D eigenvalue weighted by atomic mass is 16.3. The maximum Gasteiger partial charge on any atom is 0.224 e. The number of benzene rings is 1. The van der Waals surface area contributed by atoms with Crippen molar-refractivity contribution in [1.82, 2.24) is 10.2 Å². The summed E-state index contributed by atoms with van der Waals surface area (Å²) in [6, 6.07) is 7.65. The van der Waals surface area contributed by atoms with Crippen molar-refractivity contribution in [1.29, 1.82) is 0 Å². The van der Waals surface area contributed by atoms with Gasteiger partial charge in [0.25, 0.3) is 0 Å². The van der Waals surface area contributed by atoms with E-state index < -0.39 is 0 Å². The zero-order valence-electron chi connectivity index (χ0n) is 13.1. The predicted molar refractivity (Wildman–Crippen MR) is 86.8 cm³/mol. The molecule has 1 saturated heterocycles. The molecular formula is C18H26N2O2. The third-order valence-electron chi connectivity index (χ3n) is 5.05. The number of hydrogen-bond donors (Lipinski definition) is 2. The van der Waals surface area contributed by atoms with Gasteiger partial charge in [0.2, 0.25) is 5.91 Å². The van der Waals surface area contributed by atoms with Gasteiger partial charge in [0, 0.05) is 19.1 Å². The Morgan fingerprint density at radius 3 is 2.64 bits per heavy atom. The van der Waals surface area contributed by atoms with E-state index >= 15 is 0 Å². The summed E-state index contributed by atoms with van der Waals surface area (Å²) in [5.74, 6) is 0.913. The minimum atomic E-state index is 0.0741. The third-order valence-corrected chi connectivity index (χ3v) is 5.05. The number of carbonyl (C=O) groups excluding carboxylic acids is 1. The molecule has 0 unspecified atom stereocenters. The van der Waals surface area contributed by atoms with E-state index in [0.29, 0.717) is 12.3 Å². The highest BCUT2D eigenvalue weighted by Crippen LogP contribution is 2.28. The Bertz CT molecular complexity index is 494. The highest BCUT2D eigenvalue weighted by Gasteiger charge is 2.29. The van der Waals surface area contributed by atoms with Crippen molar-refractivity contribution in [3.8, 4) is 5.75 Å². The van der Waals surface area contributed by atoms with Crippen LogP contribution in [0.2, 0.25) is 0 Å². The summed E-state index contributed by atoms with van der Waals surface area (Å²) in [6.45, 7) is 3.13. The highest BCUT2D eigenvalue weighted by molar-refractivity contribution is 5.78. The Balaban J connectivity index is 1.39. The topological polar surface area (TPSA) is 52.6 Å². The number of nitrogens with one attached hydrogen (secondary N) is 1. The molecule has 1 aliphatic heterocycles. The van der Waals surface area contributed by atoms with Gasteiger partial charge in [-0.05, 0) is 49.4 Å². The summed E-state index contributed by atoms with van der Waals surface area (Å²) < 4.78 is 0. The number of carbonyl (C=O) groups is 1. The fraction of sp³-hybridized carbons (Fsp3) is 0.611. The molecule has 120 valence electrons. The number of phenols is 1. The first-order chi connectivity index (χ1) is 10.7. The van der Waals surface area contributed by atoms with E-state index in [1.165, 1.54) is 38.6 Å². The van der Waals surface area contributed by atoms with Gasteiger partial charge >= 0.3 is 0 Å². The maximum absolute atomic E-state index is 12.0. The normalized spacial score (nSPS) is 23.0. The van der Waals surface area contributed by atoms with E-state index in [1.807, 2.05) is 0 Å². The SMILES string of the molecule is O=C(Cc1ccc(O)cc1)NC[C@@H]1CCN(C2CCCC2)C1. The molecule has 2 N–H and O–H groups in total. The molecule has 4 heteroatoms. The van der Waals surface area contributed by atoms with Crippen LogP contribution in [0.3, 0.4) is 0 Å². The molecule has 1 atom stereocenters. The largest absolute Gasteiger partial charge is 0.508 e. The second kappa shape index (κ2) is 7.14. The molecule has 0 radical (unpaired) electrons. The number of likely N-dealkylation sites (tertiary alicyclic amines) is 1. The van der Waals surface area contributed by atoms with E-state index in [0.717, 1.165) is 24.7 Å². The molecule has 2 aliphatic rings. The van der Waals surface area contributed by atoms with Gasteiger partial charge in [-0.1, -0.05) is 25.0 Å². The van der Waals surface area contributed by atoms with E-state index in [-0.39, 0.29) is 11.7 Å². The quantitative estimate of drug-likeness (QED) is 0.877. The number of phenolic OH excluding ortho intramolecular Hbond substituents is 1. The van der Waals surface area contributed by atoms with Crippen molar-refractivity contribution in [2.45, 2.75) is 44.6 Å². The summed E-state index contributed by atoms with van der Waals surface area (Å²) >= 11 is 0. The average Bonchev–Trinajstić information content (AvgIpc) is 3.18. The molecule has 0 aromatic heterocycles. The van der Waals surface area contributed by atoms with Crippen molar-refractivity contribution in [3.63, 3.8) is 0 Å². The molecule has 3 rings (SSSR count). The lowest BCUT2D eigenvalue weighted by Gasteiger charge is -2.23. The lowest BCUT2D eigenvalue weighted by Crippen LogP contribution is -2.34. The van der Waals surface area contributed by atoms with Gasteiger partial charge in [0.05, 0.1) is 6.42 Å². The standard InChI is InChI=1S/C18H26N2O2/c21-17-7-5-14(6-8-17)11-18(22)19-12-15-9-10-20(13-15)16-3-1-2-4-16/h5-8,15-16,21H,1-4,9-13H2,(H,19,22)/t15-/m0/s1. The Kier molecular flexibility index (Phi) is 4.98. The van der Waals surface area contributed by atoms with E-state index in [9.17, 15) is 9.90 Å². The van der Waals surface area contributed by atoms with Gasteiger partial charge < -0.3 is 15.3 Å². The van der Waals surface area contributed by atoms with Gasteiger partial charge in [-0.3, -0.25) is 4.79 Å². The number of amides is 1. The number of hydrogen-bond acceptors (Lipinski definition) is 3. The monoisotopic (exact) mass is 302 g/mol. The van der Waals surface area contributed by atoms with Crippen molar-refractivity contribution in [2.75, 3.05) is 19.6 Å². The van der Waals surface area contributed by atoms with Crippen LogP contribution in [0.4, 0.5) is 0 Å². The minimum absolute atomic E-state index is 0.0741. The van der Waals surface area contributed by atoms with Gasteiger partial charge in [0.1, 0.15) is 5.75 Å². The summed E-state index contributed by atoms with van der Waals surface area (Å²) in [7, 11) is 0. The Hall–Kier alpha value is -1.55. The van der Waals surface area contributed by atoms with Crippen LogP contribution in [0.15, 0.2) is 24.3 Å². The summed E-state index contributed by atoms with van der Waals surface area (Å²) in [4.78, 5) is 14.6. The first-order valence-corrected chi connectivity index (χ1v) is 8.49. The van der Waals surface area contributed by atoms with Crippen molar-refractivity contribution >= 4 is 5.91 Å². The molecule has 1 saturated carbocycles. The van der Waals surface area contributed by atoms with Crippen LogP contribution in [0.5, 0.6) is 5.75 Å². The fourth-order valence-electron chi connectivity index (χ4n) is 3.75. The van der Waals surface area contributed by atoms with Crippen LogP contribution >= 0.6 is 0 Å². The number of rotatable bonds is 5. The second-order valence-corrected chi connectivity index (χ2v) is 6.74. The van der Waals surface area contributed by atoms with E-state index in [1.54, 1.807) is 24.3 Å². The van der Waals surface area contributed by atoms with Crippen LogP contribution in [0.1, 0.15) is 37.7 Å². The molecule has 1 aliphatic carbocycles. The molecule has 1 heterocycles. The first kappa shape index (κ1) is 15.3. The van der Waals surface area contributed by atoms with Crippen LogP contribution in [-0.4, -0.2) is 41.6 Å². The minimum Gasteiger partial charge on any atom is -0.508 e. The Labute approximate surface area is 132 Å². The lowest BCUT2D eigenvalue weighted by atomic mass is 10.1. The van der Waals surface area contributed by atoms with Crippen molar-refractivity contribution in [3.05, 3.63) is 29.8 Å². The number of aromatic hydroxyl groups is 1. The van der Waals surface area contributed by atoms with Gasteiger partial charge in [0.15, 0.2) is 0 Å². The Morgan fingerprint density at radius 2 is 1.91 bits per heavy atom. The molecule has 1 aromatic carbocycles. The van der Waals surface area contributed by atoms with Crippen LogP contribution in [0.25, 0.3) is 0 Å². The van der Waals surface area contributed by atoms with Gasteiger partial charge in [-0.15, -0.1) is 0 Å². The average molecular weight is 302 g/mol. The van der Waals surface area contributed by atoms with Gasteiger partial charge in [-0.25, -0.2) is 0 Å². The number of nitrogens with zero attached hydrogens (tertiary/aromatic N) is 1. The Morgan fingerprint density at radius 1 is 1.18 bits per heavy atom. The maximum atomic E-state index is 12.0. The molecule has 1 aromatic rings. The zero-order valence-corrected chi connectivity index (χ0v) is 13.1. The zero-order chi connectivity index (χ0) is 15.4. The van der Waals surface area contributed by atoms with Crippen LogP contribution in [0, 0.1) is 5.92 Å². The molecular weight excluding hydrogens is 276 g/mol. The molecule has 4 nitrogen and oxygen atoms in total. The summed E-state index contributed by atoms with van der Waals surface area (Å²) in [6.07, 6.45) is 7.08. The summed E-state index contributed by atoms with van der Waals surface area (Å²) in [5, 5.41) is 12.3. The van der Waals surface area contributed by atoms with E-state index in [2.05, 4.69) is 10.2 Å². The molecule has 0 spiro atoms. The van der Waals surface area contributed by atoms with Crippen LogP contribution < -0.4 is 5.32 Å². The van der Waals surface area contributed by atoms with Gasteiger partial charge in [-0.2, -0.15) is 0 Å². The van der Waals surface area contributed by atoms with Crippen LogP contribution in [-0.2, 0) is 11.2 Å². The fourth-order valence-corrected chi connectivity index (χ4v) is 3.75. The molecule has 1 amide bonds. The van der Waals surface area contributed by atoms with Crippen molar-refractivity contribution < 1.29 is 9.90 Å². The second-order valence-electron chi connectivity index (χ2n) is 6.74. The smallest absolute Gasteiger partial charge is 0.224 e. The summed E-state index contributed by atoms with van der Waals surface area (Å²) in [5.41, 5.74) is 0.939. The molecule has 0 bridgehead atoms. The first-order valence-electron chi connectivity index (χ1n) is 8.49. The molecule has 22 heavy (non-hydrogen) atoms.